The fourth-order valence-electron chi connectivity index (χ4n) is 2.31. The van der Waals surface area contributed by atoms with Gasteiger partial charge < -0.3 is 5.11 Å². The molecule has 0 aromatic carbocycles. The molecule has 5 nitrogen and oxygen atoms in total. The molecule has 0 amide bonds. The van der Waals surface area contributed by atoms with Crippen LogP contribution < -0.4 is 0 Å². The van der Waals surface area contributed by atoms with Gasteiger partial charge in [0, 0.05) is 48.9 Å². The highest BCUT2D eigenvalue weighted by molar-refractivity contribution is 7.15. The summed E-state index contributed by atoms with van der Waals surface area (Å²) in [5.74, 6) is -0.740. The number of thiazole rings is 1. The van der Waals surface area contributed by atoms with E-state index in [-0.39, 0.29) is 6.42 Å². The van der Waals surface area contributed by atoms with Crippen molar-refractivity contribution in [1.29, 1.82) is 0 Å². The first-order chi connectivity index (χ1) is 9.72. The van der Waals surface area contributed by atoms with Crippen molar-refractivity contribution in [2.45, 2.75) is 19.4 Å². The van der Waals surface area contributed by atoms with Gasteiger partial charge in [0.1, 0.15) is 5.01 Å². The summed E-state index contributed by atoms with van der Waals surface area (Å²) in [6, 6.07) is 3.92. The molecule has 0 saturated carbocycles. The average molecular weight is 289 g/mol. The van der Waals surface area contributed by atoms with Crippen LogP contribution in [-0.2, 0) is 17.8 Å². The van der Waals surface area contributed by atoms with E-state index in [4.69, 9.17) is 5.11 Å². The third-order valence-corrected chi connectivity index (χ3v) is 4.49. The Kier molecular flexibility index (Phi) is 3.75. The summed E-state index contributed by atoms with van der Waals surface area (Å²) in [5.41, 5.74) is 2.20. The van der Waals surface area contributed by atoms with Crippen LogP contribution in [0.3, 0.4) is 0 Å². The second kappa shape index (κ2) is 5.68. The normalized spacial score (nSPS) is 15.0. The number of nitrogens with zero attached hydrogens (tertiary/aromatic N) is 3. The number of pyridine rings is 1. The average Bonchev–Trinajstić information content (AvgIpc) is 2.89. The zero-order valence-corrected chi connectivity index (χ0v) is 11.8. The number of carboxylic acid groups (broad SMARTS) is 1. The van der Waals surface area contributed by atoms with E-state index >= 15 is 0 Å². The maximum absolute atomic E-state index is 10.6. The Bertz CT molecular complexity index is 612. The summed E-state index contributed by atoms with van der Waals surface area (Å²) in [6.45, 7) is 2.30. The molecule has 1 aliphatic heterocycles. The zero-order chi connectivity index (χ0) is 13.9. The molecule has 0 aliphatic carbocycles. The molecule has 2 aromatic rings. The van der Waals surface area contributed by atoms with Gasteiger partial charge in [-0.1, -0.05) is 0 Å². The number of fused-ring (bicyclic) bond motifs is 1. The molecular formula is C14H15N3O2S. The summed E-state index contributed by atoms with van der Waals surface area (Å²) in [4.78, 5) is 22.9. The largest absolute Gasteiger partial charge is 0.481 e. The Morgan fingerprint density at radius 3 is 3.15 bits per heavy atom. The summed E-state index contributed by atoms with van der Waals surface area (Å²) in [6.07, 6.45) is 4.67. The maximum Gasteiger partial charge on any atom is 0.304 e. The molecule has 104 valence electrons. The Hall–Kier alpha value is -1.79. The van der Waals surface area contributed by atoms with E-state index in [1.807, 2.05) is 18.3 Å². The minimum atomic E-state index is -0.740. The van der Waals surface area contributed by atoms with Crippen LogP contribution in [0.2, 0.25) is 0 Å². The van der Waals surface area contributed by atoms with Crippen LogP contribution in [0.25, 0.3) is 10.6 Å². The quantitative estimate of drug-likeness (QED) is 0.933. The van der Waals surface area contributed by atoms with Crippen molar-refractivity contribution in [3.63, 3.8) is 0 Å². The van der Waals surface area contributed by atoms with Gasteiger partial charge >= 0.3 is 5.97 Å². The van der Waals surface area contributed by atoms with E-state index in [2.05, 4.69) is 14.9 Å². The predicted molar refractivity (Wildman–Crippen MR) is 76.6 cm³/mol. The Morgan fingerprint density at radius 2 is 2.40 bits per heavy atom. The molecule has 1 N–H and O–H groups in total. The van der Waals surface area contributed by atoms with Gasteiger partial charge in [-0.3, -0.25) is 14.7 Å². The van der Waals surface area contributed by atoms with Crippen LogP contribution in [0.5, 0.6) is 0 Å². The second-order valence-electron chi connectivity index (χ2n) is 4.80. The number of hydrogen-bond acceptors (Lipinski definition) is 5. The predicted octanol–water partition coefficient (Wildman–Crippen LogP) is 2.04. The first kappa shape index (κ1) is 13.2. The monoisotopic (exact) mass is 289 g/mol. The highest BCUT2D eigenvalue weighted by atomic mass is 32.1. The molecule has 2 aromatic heterocycles. The Labute approximate surface area is 120 Å². The molecule has 0 atom stereocenters. The molecule has 3 heterocycles. The first-order valence-corrected chi connectivity index (χ1v) is 7.37. The van der Waals surface area contributed by atoms with E-state index in [1.54, 1.807) is 17.5 Å². The Balaban J connectivity index is 1.74. The lowest BCUT2D eigenvalue weighted by atomic mass is 10.1. The lowest BCUT2D eigenvalue weighted by molar-refractivity contribution is -0.137. The van der Waals surface area contributed by atoms with Gasteiger partial charge in [0.15, 0.2) is 0 Å². The number of carboxylic acids is 1. The van der Waals surface area contributed by atoms with Crippen LogP contribution in [0.4, 0.5) is 0 Å². The smallest absolute Gasteiger partial charge is 0.304 e. The van der Waals surface area contributed by atoms with E-state index in [1.165, 1.54) is 4.88 Å². The van der Waals surface area contributed by atoms with Crippen molar-refractivity contribution in [3.8, 4) is 10.6 Å². The van der Waals surface area contributed by atoms with Crippen LogP contribution in [-0.4, -0.2) is 39.0 Å². The highest BCUT2D eigenvalue weighted by Gasteiger charge is 2.21. The third-order valence-electron chi connectivity index (χ3n) is 3.36. The molecule has 1 aliphatic rings. The van der Waals surface area contributed by atoms with Gasteiger partial charge in [-0.15, -0.1) is 11.3 Å². The van der Waals surface area contributed by atoms with Gasteiger partial charge in [0.2, 0.25) is 0 Å². The third kappa shape index (κ3) is 2.86. The van der Waals surface area contributed by atoms with Gasteiger partial charge in [-0.25, -0.2) is 4.98 Å². The van der Waals surface area contributed by atoms with Crippen molar-refractivity contribution in [1.82, 2.24) is 14.9 Å². The van der Waals surface area contributed by atoms with Crippen molar-refractivity contribution in [2.24, 2.45) is 0 Å². The van der Waals surface area contributed by atoms with Crippen molar-refractivity contribution < 1.29 is 9.90 Å². The molecular weight excluding hydrogens is 274 g/mol. The number of carbonyl (C=O) groups is 1. The highest BCUT2D eigenvalue weighted by Crippen LogP contribution is 2.31. The molecule has 0 spiro atoms. The van der Waals surface area contributed by atoms with Crippen molar-refractivity contribution >= 4 is 17.3 Å². The Morgan fingerprint density at radius 1 is 1.50 bits per heavy atom. The number of rotatable bonds is 4. The number of aliphatic carboxylic acids is 1. The van der Waals surface area contributed by atoms with E-state index in [9.17, 15) is 4.79 Å². The van der Waals surface area contributed by atoms with E-state index < -0.39 is 5.97 Å². The molecule has 3 rings (SSSR count). The second-order valence-corrected chi connectivity index (χ2v) is 5.88. The molecule has 20 heavy (non-hydrogen) atoms. The maximum atomic E-state index is 10.6. The standard InChI is InChI=1S/C14H15N3O2S/c18-13(19)4-7-17-6-3-11-12(9-17)20-14(16-11)10-2-1-5-15-8-10/h1-2,5,8H,3-4,6-7,9H2,(H,18,19). The fraction of sp³-hybridized carbons (Fsp3) is 0.357. The SMILES string of the molecule is O=C(O)CCN1CCc2nc(-c3cccnc3)sc2C1. The van der Waals surface area contributed by atoms with Gasteiger partial charge in [0.25, 0.3) is 0 Å². The van der Waals surface area contributed by atoms with Crippen LogP contribution in [0.1, 0.15) is 17.0 Å². The summed E-state index contributed by atoms with van der Waals surface area (Å²) < 4.78 is 0. The summed E-state index contributed by atoms with van der Waals surface area (Å²) >= 11 is 1.69. The van der Waals surface area contributed by atoms with E-state index in [0.29, 0.717) is 6.54 Å². The van der Waals surface area contributed by atoms with Crippen LogP contribution in [0, 0.1) is 0 Å². The van der Waals surface area contributed by atoms with Gasteiger partial charge in [-0.05, 0) is 12.1 Å². The summed E-state index contributed by atoms with van der Waals surface area (Å²) in [7, 11) is 0. The molecule has 0 bridgehead atoms. The van der Waals surface area contributed by atoms with Crippen molar-refractivity contribution in [2.75, 3.05) is 13.1 Å². The molecule has 6 heteroatoms. The molecule has 0 radical (unpaired) electrons. The lowest BCUT2D eigenvalue weighted by Gasteiger charge is -2.24. The topological polar surface area (TPSA) is 66.3 Å². The molecule has 0 unspecified atom stereocenters. The van der Waals surface area contributed by atoms with Crippen LogP contribution in [0.15, 0.2) is 24.5 Å². The first-order valence-electron chi connectivity index (χ1n) is 6.55. The minimum Gasteiger partial charge on any atom is -0.481 e. The van der Waals surface area contributed by atoms with Crippen LogP contribution >= 0.6 is 11.3 Å². The number of aromatic nitrogens is 2. The summed E-state index contributed by atoms with van der Waals surface area (Å²) in [5, 5.41) is 9.75. The van der Waals surface area contributed by atoms with Gasteiger partial charge in [-0.2, -0.15) is 0 Å². The zero-order valence-electron chi connectivity index (χ0n) is 11.0. The van der Waals surface area contributed by atoms with E-state index in [0.717, 1.165) is 35.8 Å². The molecule has 0 fully saturated rings. The van der Waals surface area contributed by atoms with Crippen molar-refractivity contribution in [3.05, 3.63) is 35.1 Å². The lowest BCUT2D eigenvalue weighted by Crippen LogP contribution is -2.31. The van der Waals surface area contributed by atoms with Gasteiger partial charge in [0.05, 0.1) is 12.1 Å². The minimum absolute atomic E-state index is 0.198. The fourth-order valence-corrected chi connectivity index (χ4v) is 3.45. The number of hydrogen-bond donors (Lipinski definition) is 1. The molecule has 0 saturated heterocycles.